The summed E-state index contributed by atoms with van der Waals surface area (Å²) in [5, 5.41) is 15.0. The van der Waals surface area contributed by atoms with Crippen molar-refractivity contribution in [2.24, 2.45) is 0 Å². The van der Waals surface area contributed by atoms with Gasteiger partial charge in [0.1, 0.15) is 19.3 Å². The van der Waals surface area contributed by atoms with Crippen LogP contribution in [0.2, 0.25) is 0 Å². The molecule has 0 aliphatic rings. The highest BCUT2D eigenvalue weighted by Crippen LogP contribution is 2.30. The van der Waals surface area contributed by atoms with E-state index >= 15 is 0 Å². The number of aliphatic carboxylic acids is 1. The van der Waals surface area contributed by atoms with E-state index in [0.717, 1.165) is 11.1 Å². The summed E-state index contributed by atoms with van der Waals surface area (Å²) in [6.45, 7) is 2.04. The number of carboxylic acids is 1. The quantitative estimate of drug-likeness (QED) is 0.228. The van der Waals surface area contributed by atoms with Crippen LogP contribution < -0.4 is 20.1 Å². The number of carbonyl (C=O) groups excluding carboxylic acids is 2. The zero-order valence-corrected chi connectivity index (χ0v) is 22.0. The van der Waals surface area contributed by atoms with Crippen molar-refractivity contribution in [1.82, 2.24) is 5.32 Å². The fourth-order valence-corrected chi connectivity index (χ4v) is 3.97. The maximum absolute atomic E-state index is 12.8. The average Bonchev–Trinajstić information content (AvgIpc) is 2.96. The Morgan fingerprint density at radius 1 is 0.725 bits per heavy atom. The lowest BCUT2D eigenvalue weighted by Gasteiger charge is -2.18. The summed E-state index contributed by atoms with van der Waals surface area (Å²) in [4.78, 5) is 36.0. The molecule has 0 bridgehead atoms. The normalized spacial score (nSPS) is 11.2. The Morgan fingerprint density at radius 2 is 1.30 bits per heavy atom. The number of carbonyl (C=O) groups is 3. The summed E-state index contributed by atoms with van der Waals surface area (Å²) in [6.07, 6.45) is 0.0334. The van der Waals surface area contributed by atoms with Crippen LogP contribution in [0, 0.1) is 0 Å². The molecule has 3 N–H and O–H groups in total. The third kappa shape index (κ3) is 8.19. The molecular weight excluding hydrogens is 508 g/mol. The van der Waals surface area contributed by atoms with Gasteiger partial charge in [0.05, 0.1) is 0 Å². The van der Waals surface area contributed by atoms with E-state index in [1.54, 1.807) is 30.3 Å². The second kappa shape index (κ2) is 13.6. The molecule has 40 heavy (non-hydrogen) atoms. The van der Waals surface area contributed by atoms with Gasteiger partial charge < -0.3 is 25.2 Å². The standard InChI is InChI=1S/C32H30N2O6/c1-22(35)33-27-15-13-26(14-16-27)31(36)34-28(32(37)38)18-25-12-17-29(39-20-23-8-4-2-5-9-23)30(19-25)40-21-24-10-6-3-7-11-24/h2-17,19,28H,18,20-21H2,1H3,(H,33,35)(H,34,36)(H,37,38)/t28-/m0/s1. The molecule has 0 aliphatic heterocycles. The maximum Gasteiger partial charge on any atom is 0.326 e. The van der Waals surface area contributed by atoms with E-state index in [1.165, 1.54) is 19.1 Å². The maximum atomic E-state index is 12.8. The van der Waals surface area contributed by atoms with Crippen LogP contribution in [0.25, 0.3) is 0 Å². The van der Waals surface area contributed by atoms with Gasteiger partial charge in [-0.3, -0.25) is 9.59 Å². The molecule has 0 fully saturated rings. The van der Waals surface area contributed by atoms with Crippen molar-refractivity contribution in [2.45, 2.75) is 32.6 Å². The number of amides is 2. The number of anilines is 1. The highest BCUT2D eigenvalue weighted by molar-refractivity contribution is 5.97. The second-order valence-electron chi connectivity index (χ2n) is 9.16. The van der Waals surface area contributed by atoms with E-state index in [0.29, 0.717) is 36.0 Å². The second-order valence-corrected chi connectivity index (χ2v) is 9.16. The molecule has 4 aromatic carbocycles. The van der Waals surface area contributed by atoms with Crippen molar-refractivity contribution >= 4 is 23.5 Å². The van der Waals surface area contributed by atoms with E-state index in [-0.39, 0.29) is 17.9 Å². The van der Waals surface area contributed by atoms with Crippen molar-refractivity contribution in [3.63, 3.8) is 0 Å². The monoisotopic (exact) mass is 538 g/mol. The highest BCUT2D eigenvalue weighted by atomic mass is 16.5. The molecule has 0 spiro atoms. The minimum Gasteiger partial charge on any atom is -0.485 e. The van der Waals surface area contributed by atoms with E-state index in [1.807, 2.05) is 60.7 Å². The lowest BCUT2D eigenvalue weighted by atomic mass is 10.0. The molecule has 2 amide bonds. The van der Waals surface area contributed by atoms with E-state index in [4.69, 9.17) is 9.47 Å². The van der Waals surface area contributed by atoms with E-state index in [2.05, 4.69) is 10.6 Å². The predicted molar refractivity (Wildman–Crippen MR) is 151 cm³/mol. The number of nitrogens with one attached hydrogen (secondary N) is 2. The Morgan fingerprint density at radius 3 is 1.85 bits per heavy atom. The Labute approximate surface area is 232 Å². The van der Waals surface area contributed by atoms with Gasteiger partial charge in [-0.1, -0.05) is 66.7 Å². The largest absolute Gasteiger partial charge is 0.485 e. The minimum absolute atomic E-state index is 0.0334. The molecule has 4 aromatic rings. The van der Waals surface area contributed by atoms with Crippen molar-refractivity contribution < 1.29 is 29.0 Å². The molecule has 0 radical (unpaired) electrons. The lowest BCUT2D eigenvalue weighted by molar-refractivity contribution is -0.139. The van der Waals surface area contributed by atoms with Gasteiger partial charge in [-0.05, 0) is 53.1 Å². The molecule has 0 heterocycles. The van der Waals surface area contributed by atoms with Crippen LogP contribution in [0.15, 0.2) is 103 Å². The summed E-state index contributed by atoms with van der Waals surface area (Å²) in [6, 6.07) is 29.7. The summed E-state index contributed by atoms with van der Waals surface area (Å²) < 4.78 is 12.1. The van der Waals surface area contributed by atoms with Gasteiger partial charge in [-0.2, -0.15) is 0 Å². The third-order valence-corrected chi connectivity index (χ3v) is 5.99. The van der Waals surface area contributed by atoms with E-state index < -0.39 is 17.9 Å². The molecular formula is C32H30N2O6. The van der Waals surface area contributed by atoms with Crippen LogP contribution in [0.5, 0.6) is 11.5 Å². The molecule has 0 saturated carbocycles. The van der Waals surface area contributed by atoms with Gasteiger partial charge in [-0.15, -0.1) is 0 Å². The summed E-state index contributed by atoms with van der Waals surface area (Å²) in [5.41, 5.74) is 3.44. The average molecular weight is 539 g/mol. The fraction of sp³-hybridized carbons (Fsp3) is 0.156. The van der Waals surface area contributed by atoms with Crippen LogP contribution in [0.4, 0.5) is 5.69 Å². The topological polar surface area (TPSA) is 114 Å². The molecule has 0 unspecified atom stereocenters. The summed E-state index contributed by atoms with van der Waals surface area (Å²) in [5.74, 6) is -0.934. The van der Waals surface area contributed by atoms with Crippen molar-refractivity contribution in [3.8, 4) is 11.5 Å². The van der Waals surface area contributed by atoms with E-state index in [9.17, 15) is 19.5 Å². The van der Waals surface area contributed by atoms with Gasteiger partial charge in [-0.25, -0.2) is 4.79 Å². The number of hydrogen-bond donors (Lipinski definition) is 3. The lowest BCUT2D eigenvalue weighted by Crippen LogP contribution is -2.42. The van der Waals surface area contributed by atoms with Crippen molar-refractivity contribution in [1.29, 1.82) is 0 Å². The van der Waals surface area contributed by atoms with Gasteiger partial charge >= 0.3 is 5.97 Å². The minimum atomic E-state index is -1.18. The van der Waals surface area contributed by atoms with Gasteiger partial charge in [0.25, 0.3) is 5.91 Å². The highest BCUT2D eigenvalue weighted by Gasteiger charge is 2.22. The zero-order chi connectivity index (χ0) is 28.3. The third-order valence-electron chi connectivity index (χ3n) is 5.99. The number of benzene rings is 4. The fourth-order valence-electron chi connectivity index (χ4n) is 3.97. The smallest absolute Gasteiger partial charge is 0.326 e. The molecule has 8 heteroatoms. The van der Waals surface area contributed by atoms with Crippen LogP contribution in [0.1, 0.15) is 34.0 Å². The predicted octanol–water partition coefficient (Wildman–Crippen LogP) is 5.23. The number of rotatable bonds is 12. The van der Waals surface area contributed by atoms with Crippen LogP contribution in [-0.4, -0.2) is 28.9 Å². The van der Waals surface area contributed by atoms with Crippen molar-refractivity contribution in [2.75, 3.05) is 5.32 Å². The molecule has 1 atom stereocenters. The number of hydrogen-bond acceptors (Lipinski definition) is 5. The Bertz CT molecular complexity index is 1440. The Balaban J connectivity index is 1.49. The van der Waals surface area contributed by atoms with Crippen molar-refractivity contribution in [3.05, 3.63) is 125 Å². The first-order valence-corrected chi connectivity index (χ1v) is 12.7. The zero-order valence-electron chi connectivity index (χ0n) is 22.0. The first-order chi connectivity index (χ1) is 19.4. The molecule has 204 valence electrons. The summed E-state index contributed by atoms with van der Waals surface area (Å²) in [7, 11) is 0. The molecule has 0 aromatic heterocycles. The van der Waals surface area contributed by atoms with Crippen LogP contribution in [-0.2, 0) is 29.2 Å². The molecule has 0 saturated heterocycles. The van der Waals surface area contributed by atoms with Gasteiger partial charge in [0.2, 0.25) is 5.91 Å². The number of carboxylic acid groups (broad SMARTS) is 1. The number of ether oxygens (including phenoxy) is 2. The SMILES string of the molecule is CC(=O)Nc1ccc(C(=O)N[C@@H](Cc2ccc(OCc3ccccc3)c(OCc3ccccc3)c2)C(=O)O)cc1. The van der Waals surface area contributed by atoms with Gasteiger partial charge in [0.15, 0.2) is 11.5 Å². The Hall–Kier alpha value is -5.11. The van der Waals surface area contributed by atoms with Crippen LogP contribution >= 0.6 is 0 Å². The Kier molecular flexibility index (Phi) is 9.50. The first-order valence-electron chi connectivity index (χ1n) is 12.7. The molecule has 4 rings (SSSR count). The molecule has 8 nitrogen and oxygen atoms in total. The summed E-state index contributed by atoms with van der Waals surface area (Å²) >= 11 is 0. The van der Waals surface area contributed by atoms with Crippen LogP contribution in [0.3, 0.4) is 0 Å². The van der Waals surface area contributed by atoms with Gasteiger partial charge in [0, 0.05) is 24.6 Å². The molecule has 0 aliphatic carbocycles. The first kappa shape index (κ1) is 27.9.